The molecule has 3 heterocycles. The van der Waals surface area contributed by atoms with Crippen LogP contribution < -0.4 is 0 Å². The van der Waals surface area contributed by atoms with Crippen molar-refractivity contribution in [2.24, 2.45) is 0 Å². The first-order valence-corrected chi connectivity index (χ1v) is 10.3. The summed E-state index contributed by atoms with van der Waals surface area (Å²) in [7, 11) is -3.67. The number of hydrogen-bond donors (Lipinski definition) is 0. The van der Waals surface area contributed by atoms with Crippen LogP contribution in [0.4, 0.5) is 0 Å². The highest BCUT2D eigenvalue weighted by molar-refractivity contribution is 9.10. The molecule has 4 aromatic rings. The molecule has 0 N–H and O–H groups in total. The van der Waals surface area contributed by atoms with Gasteiger partial charge in [0, 0.05) is 17.6 Å². The van der Waals surface area contributed by atoms with Crippen LogP contribution in [0.2, 0.25) is 0 Å². The van der Waals surface area contributed by atoms with Crippen molar-refractivity contribution in [3.8, 4) is 5.82 Å². The third-order valence-corrected chi connectivity index (χ3v) is 6.64. The highest BCUT2D eigenvalue weighted by atomic mass is 79.9. The molecule has 0 saturated carbocycles. The van der Waals surface area contributed by atoms with Crippen molar-refractivity contribution in [2.75, 3.05) is 0 Å². The second kappa shape index (κ2) is 6.10. The second-order valence-electron chi connectivity index (χ2n) is 6.08. The average Bonchev–Trinajstić information content (AvgIpc) is 3.18. The lowest BCUT2D eigenvalue weighted by Crippen LogP contribution is -2.12. The summed E-state index contributed by atoms with van der Waals surface area (Å²) in [6.07, 6.45) is 1.55. The Morgan fingerprint density at radius 2 is 1.62 bits per heavy atom. The van der Waals surface area contributed by atoms with Crippen LogP contribution in [0.15, 0.2) is 70.2 Å². The number of benzene rings is 1. The maximum atomic E-state index is 13.0. The number of aryl methyl sites for hydroxylation is 2. The van der Waals surface area contributed by atoms with Crippen LogP contribution in [0.1, 0.15) is 11.4 Å². The lowest BCUT2D eigenvalue weighted by atomic mass is 10.3. The first-order valence-electron chi connectivity index (χ1n) is 8.03. The molecular formula is C19H16BrN3O2S. The van der Waals surface area contributed by atoms with Crippen LogP contribution in [0.25, 0.3) is 16.9 Å². The van der Waals surface area contributed by atoms with Crippen molar-refractivity contribution in [1.29, 1.82) is 0 Å². The summed E-state index contributed by atoms with van der Waals surface area (Å²) in [5.41, 5.74) is 3.28. The predicted molar refractivity (Wildman–Crippen MR) is 105 cm³/mol. The summed E-state index contributed by atoms with van der Waals surface area (Å²) < 4.78 is 30.0. The summed E-state index contributed by atoms with van der Waals surface area (Å²) in [5, 5.41) is 0. The van der Waals surface area contributed by atoms with E-state index in [-0.39, 0.29) is 4.90 Å². The summed E-state index contributed by atoms with van der Waals surface area (Å²) in [6, 6.07) is 16.0. The van der Waals surface area contributed by atoms with Crippen molar-refractivity contribution < 1.29 is 8.42 Å². The molecule has 0 fully saturated rings. The van der Waals surface area contributed by atoms with E-state index in [1.165, 1.54) is 3.97 Å². The molecular weight excluding hydrogens is 414 g/mol. The Kier molecular flexibility index (Phi) is 4.00. The van der Waals surface area contributed by atoms with Crippen LogP contribution in [0.3, 0.4) is 0 Å². The van der Waals surface area contributed by atoms with Gasteiger partial charge in [-0.05, 0) is 66.2 Å². The van der Waals surface area contributed by atoms with E-state index in [2.05, 4.69) is 15.9 Å². The normalized spacial score (nSPS) is 12.0. The molecule has 132 valence electrons. The smallest absolute Gasteiger partial charge is 0.268 e. The molecule has 3 aromatic heterocycles. The first kappa shape index (κ1) is 17.1. The molecule has 0 aliphatic rings. The van der Waals surface area contributed by atoms with Gasteiger partial charge in [0.25, 0.3) is 10.0 Å². The lowest BCUT2D eigenvalue weighted by Gasteiger charge is -2.12. The number of rotatable bonds is 3. The molecule has 0 aliphatic carbocycles. The zero-order valence-electron chi connectivity index (χ0n) is 14.2. The minimum absolute atomic E-state index is 0.245. The number of hydrogen-bond acceptors (Lipinski definition) is 3. The van der Waals surface area contributed by atoms with E-state index < -0.39 is 10.0 Å². The van der Waals surface area contributed by atoms with Gasteiger partial charge in [0.05, 0.1) is 20.4 Å². The fourth-order valence-electron chi connectivity index (χ4n) is 3.08. The fourth-order valence-corrected chi connectivity index (χ4v) is 4.91. The van der Waals surface area contributed by atoms with Crippen molar-refractivity contribution in [3.05, 3.63) is 76.7 Å². The lowest BCUT2D eigenvalue weighted by molar-refractivity contribution is 0.589. The third-order valence-electron chi connectivity index (χ3n) is 4.35. The second-order valence-corrected chi connectivity index (χ2v) is 8.75. The van der Waals surface area contributed by atoms with Gasteiger partial charge in [-0.3, -0.25) is 0 Å². The SMILES string of the molecule is Cc1ccc(C)n1-c1nc2ccn(S(=O)(=O)c3ccccc3)c2cc1Br. The summed E-state index contributed by atoms with van der Waals surface area (Å²) in [4.78, 5) is 4.94. The molecule has 1 aromatic carbocycles. The molecule has 0 saturated heterocycles. The van der Waals surface area contributed by atoms with Gasteiger partial charge in [-0.15, -0.1) is 0 Å². The van der Waals surface area contributed by atoms with E-state index in [4.69, 9.17) is 4.98 Å². The van der Waals surface area contributed by atoms with Gasteiger partial charge in [0.15, 0.2) is 5.82 Å². The Morgan fingerprint density at radius 3 is 2.27 bits per heavy atom. The first-order chi connectivity index (χ1) is 12.4. The van der Waals surface area contributed by atoms with E-state index in [1.54, 1.807) is 48.7 Å². The molecule has 7 heteroatoms. The number of nitrogens with zero attached hydrogens (tertiary/aromatic N) is 3. The van der Waals surface area contributed by atoms with Crippen LogP contribution in [-0.4, -0.2) is 21.9 Å². The van der Waals surface area contributed by atoms with E-state index in [9.17, 15) is 8.42 Å². The summed E-state index contributed by atoms with van der Waals surface area (Å²) in [5.74, 6) is 0.743. The summed E-state index contributed by atoms with van der Waals surface area (Å²) >= 11 is 3.56. The topological polar surface area (TPSA) is 56.9 Å². The molecule has 0 radical (unpaired) electrons. The van der Waals surface area contributed by atoms with Gasteiger partial charge in [-0.1, -0.05) is 18.2 Å². The highest BCUT2D eigenvalue weighted by Crippen LogP contribution is 2.29. The Balaban J connectivity index is 1.93. The standard InChI is InChI=1S/C19H16BrN3O2S/c1-13-8-9-14(2)23(13)19-16(20)12-18-17(21-19)10-11-22(18)26(24,25)15-6-4-3-5-7-15/h3-12H,1-2H3. The van der Waals surface area contributed by atoms with Crippen molar-refractivity contribution in [1.82, 2.24) is 13.5 Å². The number of fused-ring (bicyclic) bond motifs is 1. The average molecular weight is 430 g/mol. The van der Waals surface area contributed by atoms with Gasteiger partial charge >= 0.3 is 0 Å². The molecule has 0 unspecified atom stereocenters. The minimum atomic E-state index is -3.67. The van der Waals surface area contributed by atoms with Gasteiger partial charge in [0.2, 0.25) is 0 Å². The van der Waals surface area contributed by atoms with E-state index >= 15 is 0 Å². The molecule has 26 heavy (non-hydrogen) atoms. The Morgan fingerprint density at radius 1 is 0.962 bits per heavy atom. The largest absolute Gasteiger partial charge is 0.302 e. The molecule has 5 nitrogen and oxygen atoms in total. The fraction of sp³-hybridized carbons (Fsp3) is 0.105. The number of pyridine rings is 1. The minimum Gasteiger partial charge on any atom is -0.302 e. The van der Waals surface area contributed by atoms with Gasteiger partial charge in [0.1, 0.15) is 0 Å². The van der Waals surface area contributed by atoms with Crippen molar-refractivity contribution in [2.45, 2.75) is 18.7 Å². The maximum absolute atomic E-state index is 13.0. The van der Waals surface area contributed by atoms with Crippen LogP contribution in [0, 0.1) is 13.8 Å². The molecule has 0 amide bonds. The molecule has 0 aliphatic heterocycles. The van der Waals surface area contributed by atoms with Gasteiger partial charge < -0.3 is 4.57 Å². The van der Waals surface area contributed by atoms with Gasteiger partial charge in [-0.25, -0.2) is 17.4 Å². The van der Waals surface area contributed by atoms with Crippen molar-refractivity contribution in [3.63, 3.8) is 0 Å². The maximum Gasteiger partial charge on any atom is 0.268 e. The zero-order chi connectivity index (χ0) is 18.5. The molecule has 0 atom stereocenters. The third kappa shape index (κ3) is 2.59. The Labute approximate surface area is 160 Å². The van der Waals surface area contributed by atoms with E-state index in [0.717, 1.165) is 21.7 Å². The molecule has 0 bridgehead atoms. The van der Waals surface area contributed by atoms with Crippen LogP contribution in [-0.2, 0) is 10.0 Å². The predicted octanol–water partition coefficient (Wildman–Crippen LogP) is 4.44. The van der Waals surface area contributed by atoms with E-state index in [1.807, 2.05) is 30.5 Å². The number of aromatic nitrogens is 3. The molecule has 4 rings (SSSR count). The molecule has 0 spiro atoms. The quantitative estimate of drug-likeness (QED) is 0.483. The monoisotopic (exact) mass is 429 g/mol. The van der Waals surface area contributed by atoms with Crippen LogP contribution >= 0.6 is 15.9 Å². The van der Waals surface area contributed by atoms with Crippen molar-refractivity contribution >= 4 is 37.0 Å². The van der Waals surface area contributed by atoms with Gasteiger partial charge in [-0.2, -0.15) is 0 Å². The highest BCUT2D eigenvalue weighted by Gasteiger charge is 2.20. The zero-order valence-corrected chi connectivity index (χ0v) is 16.6. The Bertz CT molecular complexity index is 1210. The Hall–Kier alpha value is -2.38. The summed E-state index contributed by atoms with van der Waals surface area (Å²) in [6.45, 7) is 4.02. The number of halogens is 1. The van der Waals surface area contributed by atoms with E-state index in [0.29, 0.717) is 11.0 Å². The van der Waals surface area contributed by atoms with Crippen LogP contribution in [0.5, 0.6) is 0 Å².